The van der Waals surface area contributed by atoms with Crippen LogP contribution in [0.15, 0.2) is 35.2 Å². The number of primary amides is 1. The van der Waals surface area contributed by atoms with Crippen LogP contribution in [-0.2, 0) is 9.53 Å². The molecule has 2 atom stereocenters. The van der Waals surface area contributed by atoms with Crippen molar-refractivity contribution in [1.29, 1.82) is 0 Å². The molecular formula is C24H33F4N7O2. The van der Waals surface area contributed by atoms with Crippen LogP contribution in [0.5, 0.6) is 0 Å². The SMILES string of the molecule is C=C(N=C/C(=C\C)C(F)(F)F)[C@H]1COCCN1c1ncnc(NCC2CCN(C(C)C(N)=O)CC2)c1F. The molecule has 2 aliphatic rings. The molecule has 37 heavy (non-hydrogen) atoms. The molecule has 204 valence electrons. The lowest BCUT2D eigenvalue weighted by molar-refractivity contribution is -0.123. The predicted molar refractivity (Wildman–Crippen MR) is 133 cm³/mol. The van der Waals surface area contributed by atoms with Gasteiger partial charge in [0.25, 0.3) is 0 Å². The third kappa shape index (κ3) is 7.25. The number of aromatic nitrogens is 2. The number of ether oxygens (including phenoxy) is 1. The zero-order valence-corrected chi connectivity index (χ0v) is 21.0. The molecule has 9 nitrogen and oxygen atoms in total. The Hall–Kier alpha value is -3.06. The van der Waals surface area contributed by atoms with Crippen LogP contribution in [0.2, 0.25) is 0 Å². The number of rotatable bonds is 9. The summed E-state index contributed by atoms with van der Waals surface area (Å²) in [6, 6.07) is -1.03. The van der Waals surface area contributed by atoms with Crippen molar-refractivity contribution in [1.82, 2.24) is 14.9 Å². The monoisotopic (exact) mass is 527 g/mol. The number of carbonyl (C=O) groups is 1. The highest BCUT2D eigenvalue weighted by atomic mass is 19.4. The minimum absolute atomic E-state index is 0.00525. The summed E-state index contributed by atoms with van der Waals surface area (Å²) >= 11 is 0. The van der Waals surface area contributed by atoms with E-state index in [2.05, 4.69) is 26.9 Å². The maximum absolute atomic E-state index is 15.5. The quantitative estimate of drug-likeness (QED) is 0.376. The molecule has 2 aliphatic heterocycles. The van der Waals surface area contributed by atoms with Gasteiger partial charge < -0.3 is 20.7 Å². The van der Waals surface area contributed by atoms with E-state index in [0.29, 0.717) is 12.8 Å². The number of alkyl halides is 3. The molecule has 1 aromatic rings. The predicted octanol–water partition coefficient (Wildman–Crippen LogP) is 2.91. The number of morpholine rings is 1. The number of allylic oxidation sites excluding steroid dienone is 2. The van der Waals surface area contributed by atoms with Crippen molar-refractivity contribution < 1.29 is 27.1 Å². The zero-order valence-electron chi connectivity index (χ0n) is 21.0. The third-order valence-electron chi connectivity index (χ3n) is 6.73. The van der Waals surface area contributed by atoms with E-state index in [1.165, 1.54) is 13.3 Å². The Kier molecular flexibility index (Phi) is 9.60. The fourth-order valence-corrected chi connectivity index (χ4v) is 4.33. The maximum atomic E-state index is 15.5. The summed E-state index contributed by atoms with van der Waals surface area (Å²) in [5, 5.41) is 3.06. The Labute approximate surface area is 213 Å². The molecule has 1 amide bonds. The number of halogens is 4. The highest BCUT2D eigenvalue weighted by Gasteiger charge is 2.33. The number of piperidine rings is 1. The van der Waals surface area contributed by atoms with E-state index in [0.717, 1.165) is 32.0 Å². The highest BCUT2D eigenvalue weighted by Crippen LogP contribution is 2.29. The lowest BCUT2D eigenvalue weighted by Gasteiger charge is -2.36. The standard InChI is InChI=1S/C24H33F4N7O2/c1-4-18(24(26,27)28)12-30-15(2)19-13-37-10-9-35(19)23-20(25)22(32-14-33-23)31-11-17-5-7-34(8-6-17)16(3)21(29)36/h4,12,14,16-17,19H,2,5-11,13H2,1,3H3,(H2,29,36)(H,31,32,33)/b18-4+,30-12?/t16?,19-/m1/s1. The summed E-state index contributed by atoms with van der Waals surface area (Å²) in [5.74, 6) is -0.742. The molecule has 2 fully saturated rings. The Morgan fingerprint density at radius 1 is 1.35 bits per heavy atom. The van der Waals surface area contributed by atoms with Crippen molar-refractivity contribution in [3.63, 3.8) is 0 Å². The van der Waals surface area contributed by atoms with Crippen LogP contribution < -0.4 is 16.0 Å². The molecular weight excluding hydrogens is 494 g/mol. The minimum atomic E-state index is -4.54. The Bertz CT molecular complexity index is 1020. The van der Waals surface area contributed by atoms with Crippen molar-refractivity contribution in [3.8, 4) is 0 Å². The van der Waals surface area contributed by atoms with Gasteiger partial charge in [0.15, 0.2) is 11.6 Å². The number of amides is 1. The summed E-state index contributed by atoms with van der Waals surface area (Å²) < 4.78 is 60.0. The lowest BCUT2D eigenvalue weighted by atomic mass is 9.95. The van der Waals surface area contributed by atoms with E-state index >= 15 is 4.39 Å². The van der Waals surface area contributed by atoms with Gasteiger partial charge in [0.1, 0.15) is 6.33 Å². The van der Waals surface area contributed by atoms with Crippen LogP contribution in [0.25, 0.3) is 0 Å². The molecule has 1 aromatic heterocycles. The average molecular weight is 528 g/mol. The van der Waals surface area contributed by atoms with Gasteiger partial charge in [0.2, 0.25) is 11.7 Å². The van der Waals surface area contributed by atoms with Gasteiger partial charge in [0, 0.05) is 19.3 Å². The second-order valence-electron chi connectivity index (χ2n) is 9.07. The normalized spacial score (nSPS) is 21.3. The first kappa shape index (κ1) is 28.5. The number of anilines is 2. The van der Waals surface area contributed by atoms with E-state index in [9.17, 15) is 18.0 Å². The molecule has 0 radical (unpaired) electrons. The van der Waals surface area contributed by atoms with Gasteiger partial charge in [-0.05, 0) is 45.7 Å². The molecule has 0 bridgehead atoms. The number of carbonyl (C=O) groups excluding carboxylic acids is 1. The number of hydrogen-bond donors (Lipinski definition) is 2. The topological polar surface area (TPSA) is 109 Å². The van der Waals surface area contributed by atoms with Crippen molar-refractivity contribution >= 4 is 23.8 Å². The molecule has 0 aliphatic carbocycles. The highest BCUT2D eigenvalue weighted by molar-refractivity contribution is 5.81. The summed E-state index contributed by atoms with van der Waals surface area (Å²) in [6.07, 6.45) is -0.0568. The first-order valence-electron chi connectivity index (χ1n) is 12.1. The van der Waals surface area contributed by atoms with Crippen LogP contribution in [-0.4, -0.2) is 84.6 Å². The second kappa shape index (κ2) is 12.5. The van der Waals surface area contributed by atoms with Crippen molar-refractivity contribution in [2.45, 2.75) is 44.9 Å². The first-order chi connectivity index (χ1) is 17.5. The van der Waals surface area contributed by atoms with Crippen LogP contribution in [0.3, 0.4) is 0 Å². The summed E-state index contributed by atoms with van der Waals surface area (Å²) in [7, 11) is 0. The number of nitrogens with one attached hydrogen (secondary N) is 1. The van der Waals surface area contributed by atoms with Crippen LogP contribution in [0, 0.1) is 11.7 Å². The summed E-state index contributed by atoms with van der Waals surface area (Å²) in [5.41, 5.74) is 4.57. The van der Waals surface area contributed by atoms with Gasteiger partial charge in [-0.15, -0.1) is 0 Å². The third-order valence-corrected chi connectivity index (χ3v) is 6.73. The Balaban J connectivity index is 1.67. The fourth-order valence-electron chi connectivity index (χ4n) is 4.33. The average Bonchev–Trinajstić information content (AvgIpc) is 2.87. The fraction of sp³-hybridized carbons (Fsp3) is 0.583. The molecule has 3 rings (SSSR count). The smallest absolute Gasteiger partial charge is 0.377 e. The van der Waals surface area contributed by atoms with Gasteiger partial charge in [-0.2, -0.15) is 17.6 Å². The number of nitrogens with two attached hydrogens (primary N) is 1. The van der Waals surface area contributed by atoms with E-state index in [-0.39, 0.29) is 55.0 Å². The maximum Gasteiger partial charge on any atom is 0.417 e. The molecule has 3 N–H and O–H groups in total. The molecule has 3 heterocycles. The van der Waals surface area contributed by atoms with E-state index in [1.807, 2.05) is 4.90 Å². The Morgan fingerprint density at radius 2 is 2.05 bits per heavy atom. The minimum Gasteiger partial charge on any atom is -0.377 e. The second-order valence-corrected chi connectivity index (χ2v) is 9.07. The van der Waals surface area contributed by atoms with Gasteiger partial charge in [0.05, 0.1) is 36.6 Å². The zero-order chi connectivity index (χ0) is 27.2. The molecule has 1 unspecified atom stereocenters. The summed E-state index contributed by atoms with van der Waals surface area (Å²) in [4.78, 5) is 27.1. The van der Waals surface area contributed by atoms with Gasteiger partial charge in [-0.3, -0.25) is 14.7 Å². The molecule has 0 saturated carbocycles. The number of aliphatic imine (C=N–C) groups is 1. The van der Waals surface area contributed by atoms with E-state index < -0.39 is 23.6 Å². The molecule has 2 saturated heterocycles. The molecule has 0 spiro atoms. The van der Waals surface area contributed by atoms with Crippen LogP contribution >= 0.6 is 0 Å². The van der Waals surface area contributed by atoms with Gasteiger partial charge >= 0.3 is 6.18 Å². The van der Waals surface area contributed by atoms with Crippen molar-refractivity contribution in [2.75, 3.05) is 49.6 Å². The Morgan fingerprint density at radius 3 is 2.68 bits per heavy atom. The molecule has 13 heteroatoms. The number of nitrogens with zero attached hydrogens (tertiary/aromatic N) is 5. The summed E-state index contributed by atoms with van der Waals surface area (Å²) in [6.45, 7) is 9.37. The number of hydrogen-bond acceptors (Lipinski definition) is 8. The van der Waals surface area contributed by atoms with Gasteiger partial charge in [-0.1, -0.05) is 12.7 Å². The van der Waals surface area contributed by atoms with Crippen LogP contribution in [0.4, 0.5) is 29.2 Å². The van der Waals surface area contributed by atoms with E-state index in [4.69, 9.17) is 10.5 Å². The van der Waals surface area contributed by atoms with Crippen LogP contribution in [0.1, 0.15) is 26.7 Å². The largest absolute Gasteiger partial charge is 0.417 e. The number of likely N-dealkylation sites (tertiary alicyclic amines) is 1. The van der Waals surface area contributed by atoms with Gasteiger partial charge in [-0.25, -0.2) is 9.97 Å². The van der Waals surface area contributed by atoms with Crippen molar-refractivity contribution in [3.05, 3.63) is 36.1 Å². The lowest BCUT2D eigenvalue weighted by Crippen LogP contribution is -2.47. The van der Waals surface area contributed by atoms with E-state index in [1.54, 1.807) is 11.8 Å². The molecule has 0 aromatic carbocycles. The first-order valence-corrected chi connectivity index (χ1v) is 12.1. The van der Waals surface area contributed by atoms with Crippen molar-refractivity contribution in [2.24, 2.45) is 16.6 Å².